The Morgan fingerprint density at radius 2 is 1.71 bits per heavy atom. The summed E-state index contributed by atoms with van der Waals surface area (Å²) in [6, 6.07) is 11.0. The summed E-state index contributed by atoms with van der Waals surface area (Å²) in [5.74, 6) is 1.75. The molecule has 2 rings (SSSR count). The zero-order valence-electron chi connectivity index (χ0n) is 11.2. The van der Waals surface area contributed by atoms with E-state index in [0.717, 1.165) is 11.8 Å². The molecule has 0 amide bonds. The van der Waals surface area contributed by atoms with Crippen molar-refractivity contribution in [1.29, 1.82) is 0 Å². The van der Waals surface area contributed by atoms with Crippen LogP contribution in [0.4, 0.5) is 0 Å². The molecule has 0 aliphatic heterocycles. The molecule has 17 heavy (non-hydrogen) atoms. The van der Waals surface area contributed by atoms with Crippen LogP contribution in [0.15, 0.2) is 30.3 Å². The minimum absolute atomic E-state index is 0.840. The van der Waals surface area contributed by atoms with E-state index in [1.54, 1.807) is 5.56 Å². The molecule has 0 heterocycles. The van der Waals surface area contributed by atoms with Crippen molar-refractivity contribution in [3.8, 4) is 0 Å². The van der Waals surface area contributed by atoms with Crippen molar-refractivity contribution in [3.05, 3.63) is 35.9 Å². The van der Waals surface area contributed by atoms with Crippen LogP contribution >= 0.6 is 0 Å². The summed E-state index contributed by atoms with van der Waals surface area (Å²) in [7, 11) is 0. The predicted octanol–water partition coefficient (Wildman–Crippen LogP) is 3.91. The first-order valence-electron chi connectivity index (χ1n) is 7.12. The third-order valence-electron chi connectivity index (χ3n) is 3.72. The van der Waals surface area contributed by atoms with Crippen molar-refractivity contribution < 1.29 is 0 Å². The quantitative estimate of drug-likeness (QED) is 0.687. The molecular formula is C16H25N. The molecule has 1 aliphatic carbocycles. The van der Waals surface area contributed by atoms with E-state index in [1.807, 2.05) is 0 Å². The Kier molecular flexibility index (Phi) is 4.61. The third kappa shape index (κ3) is 3.57. The van der Waals surface area contributed by atoms with Crippen LogP contribution in [0.2, 0.25) is 0 Å². The lowest BCUT2D eigenvalue weighted by Gasteiger charge is -2.20. The summed E-state index contributed by atoms with van der Waals surface area (Å²) in [6.45, 7) is 8.41. The molecule has 1 saturated carbocycles. The molecule has 2 atom stereocenters. The van der Waals surface area contributed by atoms with E-state index in [1.165, 1.54) is 38.9 Å². The molecule has 0 radical (unpaired) electrons. The van der Waals surface area contributed by atoms with E-state index < -0.39 is 0 Å². The Bertz CT molecular complexity index is 314. The number of benzene rings is 1. The van der Waals surface area contributed by atoms with Gasteiger partial charge in [-0.25, -0.2) is 0 Å². The van der Waals surface area contributed by atoms with Crippen molar-refractivity contribution in [3.63, 3.8) is 0 Å². The summed E-state index contributed by atoms with van der Waals surface area (Å²) >= 11 is 0. The van der Waals surface area contributed by atoms with Gasteiger partial charge in [0.15, 0.2) is 0 Å². The summed E-state index contributed by atoms with van der Waals surface area (Å²) < 4.78 is 0. The van der Waals surface area contributed by atoms with Gasteiger partial charge in [-0.2, -0.15) is 0 Å². The van der Waals surface area contributed by atoms with Crippen molar-refractivity contribution in [2.75, 3.05) is 19.6 Å². The molecule has 1 fully saturated rings. The van der Waals surface area contributed by atoms with Crippen LogP contribution in [0.3, 0.4) is 0 Å². The third-order valence-corrected chi connectivity index (χ3v) is 3.72. The second kappa shape index (κ2) is 6.20. The lowest BCUT2D eigenvalue weighted by molar-refractivity contribution is 0.262. The Balaban J connectivity index is 1.82. The first-order valence-corrected chi connectivity index (χ1v) is 7.12. The van der Waals surface area contributed by atoms with E-state index in [0.29, 0.717) is 0 Å². The van der Waals surface area contributed by atoms with E-state index in [2.05, 4.69) is 49.1 Å². The molecule has 1 heteroatoms. The van der Waals surface area contributed by atoms with Gasteiger partial charge < -0.3 is 4.90 Å². The number of nitrogens with zero attached hydrogens (tertiary/aromatic N) is 1. The van der Waals surface area contributed by atoms with Crippen LogP contribution in [0.1, 0.15) is 44.6 Å². The molecule has 0 unspecified atom stereocenters. The van der Waals surface area contributed by atoms with Gasteiger partial charge in [0.1, 0.15) is 0 Å². The molecule has 1 aromatic rings. The second-order valence-electron chi connectivity index (χ2n) is 5.31. The van der Waals surface area contributed by atoms with Gasteiger partial charge in [0.25, 0.3) is 0 Å². The van der Waals surface area contributed by atoms with Gasteiger partial charge in [0.2, 0.25) is 0 Å². The van der Waals surface area contributed by atoms with E-state index >= 15 is 0 Å². The van der Waals surface area contributed by atoms with Crippen LogP contribution in [0.25, 0.3) is 0 Å². The maximum absolute atomic E-state index is 2.65. The van der Waals surface area contributed by atoms with Gasteiger partial charge >= 0.3 is 0 Å². The zero-order chi connectivity index (χ0) is 12.1. The molecule has 1 nitrogen and oxygen atoms in total. The fraction of sp³-hybridized carbons (Fsp3) is 0.625. The van der Waals surface area contributed by atoms with Crippen LogP contribution < -0.4 is 0 Å². The normalized spacial score (nSPS) is 23.0. The van der Waals surface area contributed by atoms with E-state index in [-0.39, 0.29) is 0 Å². The molecule has 0 spiro atoms. The van der Waals surface area contributed by atoms with Crippen molar-refractivity contribution in [1.82, 2.24) is 4.90 Å². The minimum Gasteiger partial charge on any atom is -0.303 e. The number of hydrogen-bond donors (Lipinski definition) is 0. The van der Waals surface area contributed by atoms with Crippen molar-refractivity contribution in [2.45, 2.75) is 39.0 Å². The first-order chi connectivity index (χ1) is 8.35. The maximum Gasteiger partial charge on any atom is 0.00157 e. The SMILES string of the molecule is CCCN(CCC)C[C@@H]1C[C@H]1c1ccccc1. The van der Waals surface area contributed by atoms with Crippen LogP contribution in [0.5, 0.6) is 0 Å². The molecule has 0 saturated heterocycles. The Morgan fingerprint density at radius 1 is 1.06 bits per heavy atom. The average molecular weight is 231 g/mol. The van der Waals surface area contributed by atoms with Gasteiger partial charge in [-0.05, 0) is 49.8 Å². The molecular weight excluding hydrogens is 206 g/mol. The molecule has 0 aromatic heterocycles. The lowest BCUT2D eigenvalue weighted by Crippen LogP contribution is -2.27. The monoisotopic (exact) mass is 231 g/mol. The van der Waals surface area contributed by atoms with Gasteiger partial charge in [0, 0.05) is 6.54 Å². The lowest BCUT2D eigenvalue weighted by atomic mass is 10.1. The Labute approximate surface area is 106 Å². The molecule has 1 aliphatic rings. The summed E-state index contributed by atoms with van der Waals surface area (Å²) in [4.78, 5) is 2.65. The highest BCUT2D eigenvalue weighted by atomic mass is 15.1. The van der Waals surface area contributed by atoms with Gasteiger partial charge in [-0.15, -0.1) is 0 Å². The van der Waals surface area contributed by atoms with Crippen LogP contribution in [-0.2, 0) is 0 Å². The fourth-order valence-electron chi connectivity index (χ4n) is 2.82. The van der Waals surface area contributed by atoms with Gasteiger partial charge in [0.05, 0.1) is 0 Å². The number of hydrogen-bond acceptors (Lipinski definition) is 1. The molecule has 94 valence electrons. The molecule has 1 aromatic carbocycles. The predicted molar refractivity (Wildman–Crippen MR) is 74.3 cm³/mol. The van der Waals surface area contributed by atoms with Crippen molar-refractivity contribution in [2.24, 2.45) is 5.92 Å². The smallest absolute Gasteiger partial charge is 0.00157 e. The number of rotatable bonds is 7. The minimum atomic E-state index is 0.840. The summed E-state index contributed by atoms with van der Waals surface area (Å²) in [5.41, 5.74) is 1.55. The topological polar surface area (TPSA) is 3.24 Å². The van der Waals surface area contributed by atoms with Crippen molar-refractivity contribution >= 4 is 0 Å². The first kappa shape index (κ1) is 12.6. The largest absolute Gasteiger partial charge is 0.303 e. The highest BCUT2D eigenvalue weighted by Crippen LogP contribution is 2.47. The summed E-state index contributed by atoms with van der Waals surface area (Å²) in [6.07, 6.45) is 3.96. The Hall–Kier alpha value is -0.820. The molecule has 0 bridgehead atoms. The summed E-state index contributed by atoms with van der Waals surface area (Å²) in [5, 5.41) is 0. The van der Waals surface area contributed by atoms with E-state index in [4.69, 9.17) is 0 Å². The van der Waals surface area contributed by atoms with Crippen LogP contribution in [-0.4, -0.2) is 24.5 Å². The standard InChI is InChI=1S/C16H25N/c1-3-10-17(11-4-2)13-15-12-16(15)14-8-6-5-7-9-14/h5-9,15-16H,3-4,10-13H2,1-2H3/t15-,16-/m0/s1. The van der Waals surface area contributed by atoms with Gasteiger partial charge in [-0.3, -0.25) is 0 Å². The highest BCUT2D eigenvalue weighted by molar-refractivity contribution is 5.25. The average Bonchev–Trinajstić information content (AvgIpc) is 3.10. The maximum atomic E-state index is 2.65. The second-order valence-corrected chi connectivity index (χ2v) is 5.31. The zero-order valence-corrected chi connectivity index (χ0v) is 11.2. The van der Waals surface area contributed by atoms with E-state index in [9.17, 15) is 0 Å². The Morgan fingerprint density at radius 3 is 2.29 bits per heavy atom. The molecule has 0 N–H and O–H groups in total. The van der Waals surface area contributed by atoms with Gasteiger partial charge in [-0.1, -0.05) is 44.2 Å². The fourth-order valence-corrected chi connectivity index (χ4v) is 2.82. The van der Waals surface area contributed by atoms with Crippen LogP contribution in [0, 0.1) is 5.92 Å². The highest BCUT2D eigenvalue weighted by Gasteiger charge is 2.38.